The van der Waals surface area contributed by atoms with Crippen molar-refractivity contribution in [3.05, 3.63) is 189 Å². The van der Waals surface area contributed by atoms with Crippen molar-refractivity contribution in [2.75, 3.05) is 124 Å². The summed E-state index contributed by atoms with van der Waals surface area (Å²) in [5.41, 5.74) is 2.51. The number of amides is 5. The molecule has 0 aromatic heterocycles. The van der Waals surface area contributed by atoms with Crippen LogP contribution in [0.4, 0.5) is 46.9 Å². The molecule has 2 atom stereocenters. The van der Waals surface area contributed by atoms with Gasteiger partial charge in [-0.3, -0.25) is 24.5 Å². The third-order valence-corrected chi connectivity index (χ3v) is 20.2. The second-order valence-electron chi connectivity index (χ2n) is 26.6. The van der Waals surface area contributed by atoms with Gasteiger partial charge in [0.2, 0.25) is 11.8 Å². The number of carbonyl (C=O) groups excluding carboxylic acids is 5. The molecule has 1 spiro atoms. The number of alkyl halides is 6. The molecule has 16 nitrogen and oxygen atoms in total. The number of hydrogen-bond donors (Lipinski definition) is 2. The molecule has 4 aliphatic rings. The number of methoxy groups -OCH3 is 1. The fourth-order valence-corrected chi connectivity index (χ4v) is 14.2. The number of fused-ring (bicyclic) bond motifs is 2. The Morgan fingerprint density at radius 2 is 1.33 bits per heavy atom. The molecule has 0 saturated carbocycles. The summed E-state index contributed by atoms with van der Waals surface area (Å²) in [7, 11) is 6.79. The minimum absolute atomic E-state index is 0.00621. The van der Waals surface area contributed by atoms with Crippen molar-refractivity contribution >= 4 is 52.7 Å². The van der Waals surface area contributed by atoms with Crippen LogP contribution >= 0.6 is 11.6 Å². The van der Waals surface area contributed by atoms with E-state index in [4.69, 9.17) is 25.8 Å². The number of rotatable bonds is 25. The van der Waals surface area contributed by atoms with Crippen LogP contribution in [0.15, 0.2) is 140 Å². The fraction of sp³-hybridized carbons (Fsp3) is 0.461. The van der Waals surface area contributed by atoms with Crippen molar-refractivity contribution in [3.8, 4) is 11.1 Å². The average Bonchev–Trinajstić information content (AvgIpc) is 1.59. The third kappa shape index (κ3) is 19.9. The smallest absolute Gasteiger partial charge is 0.416 e. The summed E-state index contributed by atoms with van der Waals surface area (Å²) in [4.78, 5) is 74.5. The van der Waals surface area contributed by atoms with Crippen LogP contribution < -0.4 is 10.6 Å². The number of halogens is 8. The molecule has 6 aromatic rings. The second kappa shape index (κ2) is 34.5. The van der Waals surface area contributed by atoms with Crippen LogP contribution in [0.1, 0.15) is 120 Å². The van der Waals surface area contributed by atoms with Crippen LogP contribution in [0.3, 0.4) is 0 Å². The normalized spacial score (nSPS) is 17.8. The largest absolute Gasteiger partial charge is 0.446 e. The maximum absolute atomic E-state index is 13.9. The second-order valence-corrected chi connectivity index (χ2v) is 27.0. The molecule has 2 N–H and O–H groups in total. The number of unbranched alkanes of at least 4 members (excludes halogenated alkanes) is 2. The minimum atomic E-state index is -5.08. The molecule has 5 amide bonds. The Kier molecular flexibility index (Phi) is 26.3. The van der Waals surface area contributed by atoms with Crippen molar-refractivity contribution in [1.82, 2.24) is 29.4 Å². The molecule has 3 heterocycles. The molecule has 3 saturated heterocycles. The van der Waals surface area contributed by atoms with Crippen LogP contribution in [0.5, 0.6) is 0 Å². The molecule has 10 rings (SSSR count). The summed E-state index contributed by atoms with van der Waals surface area (Å²) < 4.78 is 112. The quantitative estimate of drug-likeness (QED) is 0.0415. The Morgan fingerprint density at radius 3 is 2.01 bits per heavy atom. The van der Waals surface area contributed by atoms with Crippen molar-refractivity contribution in [2.45, 2.75) is 107 Å². The number of hydrogen-bond acceptors (Lipinski definition) is 11. The zero-order chi connectivity index (χ0) is 71.8. The standard InChI is InChI=1S/C42H57ClN6O6.C34H33F7N2O2/c1-46(40(51)31-54-4)24-13-25-48(3)41(52)36-20-19-33(30-37(36)43)44-23-12-6-9-18-39(50)47(2)28-29-49-26-21-34(22-27-49)55-42(53)45-38-17-11-10-16-35(38)32-14-7-5-8-15-32;1-22-16-23-4-2-3-5-29(23)31(22)10-13-42(14-11-31)15-12-32(25-6-8-28(35)9-7-25)20-43(21-45-32)30(44)24-17-26(33(36,37)38)19-27(18-24)34(39,40)41/h5,7-8,10-11,14-17,19-20,30,34,44H,6,9,12-13,18,21-29,31H2,1-4H3,(H,45,53);2-9,17-19,22H,10-16,20-21H2,1H3/t;22-,32-/m.0/s1. The lowest BCUT2D eigenvalue weighted by Gasteiger charge is -2.44. The van der Waals surface area contributed by atoms with Gasteiger partial charge < -0.3 is 48.9 Å². The Morgan fingerprint density at radius 1 is 0.690 bits per heavy atom. The van der Waals surface area contributed by atoms with E-state index in [9.17, 15) is 54.7 Å². The molecule has 24 heteroatoms. The van der Waals surface area contributed by atoms with E-state index in [-0.39, 0.29) is 55.2 Å². The number of likely N-dealkylation sites (tertiary alicyclic amines) is 2. The predicted octanol–water partition coefficient (Wildman–Crippen LogP) is 14.5. The first kappa shape index (κ1) is 76.1. The molecule has 0 radical (unpaired) electrons. The number of nitrogens with zero attached hydrogens (tertiary/aromatic N) is 6. The Hall–Kier alpha value is -8.09. The monoisotopic (exact) mass is 1410 g/mol. The zero-order valence-corrected chi connectivity index (χ0v) is 58.1. The molecular weight excluding hydrogens is 1320 g/mol. The number of nitrogens with one attached hydrogen (secondary N) is 2. The summed E-state index contributed by atoms with van der Waals surface area (Å²) in [6.07, 6.45) is -2.07. The maximum atomic E-state index is 13.9. The summed E-state index contributed by atoms with van der Waals surface area (Å²) in [6.45, 7) is 8.95. The molecule has 0 unspecified atom stereocenters. The SMILES string of the molecule is COCC(=O)N(C)CCCN(C)C(=O)c1ccc(NCCCCCC(=O)N(C)CCN2CCC(OC(=O)Nc3ccccc3-c3ccccc3)CC2)cc1Cl.C[C@H]1Cc2ccccc2C12CCN(CC[C@@]1(c3ccc(F)cc3)CN(C(=O)c3cc(C(F)(F)F)cc(C(F)(F)F)c3)CO1)CC2. The van der Waals surface area contributed by atoms with Gasteiger partial charge in [-0.1, -0.05) is 110 Å². The van der Waals surface area contributed by atoms with Crippen molar-refractivity contribution in [3.63, 3.8) is 0 Å². The summed E-state index contributed by atoms with van der Waals surface area (Å²) >= 11 is 6.48. The number of benzene rings is 6. The summed E-state index contributed by atoms with van der Waals surface area (Å²) in [5.74, 6) is -1.09. The van der Waals surface area contributed by atoms with Gasteiger partial charge in [-0.2, -0.15) is 26.3 Å². The van der Waals surface area contributed by atoms with E-state index < -0.39 is 52.5 Å². The van der Waals surface area contributed by atoms with Crippen molar-refractivity contribution in [2.24, 2.45) is 5.92 Å². The average molecular weight is 1410 g/mol. The van der Waals surface area contributed by atoms with Gasteiger partial charge in [0.25, 0.3) is 11.8 Å². The number of anilines is 2. The van der Waals surface area contributed by atoms with Gasteiger partial charge in [-0.15, -0.1) is 0 Å². The van der Waals surface area contributed by atoms with E-state index in [2.05, 4.69) is 51.6 Å². The highest BCUT2D eigenvalue weighted by Crippen LogP contribution is 2.50. The van der Waals surface area contributed by atoms with Gasteiger partial charge in [0, 0.05) is 109 Å². The minimum Gasteiger partial charge on any atom is -0.446 e. The first-order valence-corrected chi connectivity index (χ1v) is 34.5. The van der Waals surface area contributed by atoms with E-state index in [0.29, 0.717) is 79.6 Å². The topological polar surface area (TPSA) is 157 Å². The highest BCUT2D eigenvalue weighted by molar-refractivity contribution is 6.34. The van der Waals surface area contributed by atoms with E-state index in [0.717, 1.165) is 118 Å². The number of likely N-dealkylation sites (N-methyl/N-ethyl adjacent to an activating group) is 2. The number of para-hydroxylation sites is 1. The number of piperidine rings is 2. The van der Waals surface area contributed by atoms with Crippen LogP contribution in [-0.2, 0) is 53.6 Å². The lowest BCUT2D eigenvalue weighted by Crippen LogP contribution is -2.46. The Labute approximate surface area is 586 Å². The van der Waals surface area contributed by atoms with E-state index in [1.165, 1.54) is 42.5 Å². The number of carbonyl (C=O) groups is 5. The van der Waals surface area contributed by atoms with Gasteiger partial charge in [0.05, 0.1) is 33.9 Å². The molecule has 100 heavy (non-hydrogen) atoms. The van der Waals surface area contributed by atoms with E-state index >= 15 is 0 Å². The van der Waals surface area contributed by atoms with Gasteiger partial charge in [-0.05, 0) is 154 Å². The first-order chi connectivity index (χ1) is 47.7. The van der Waals surface area contributed by atoms with Gasteiger partial charge in [0.1, 0.15) is 30.9 Å². The molecule has 3 fully saturated rings. The van der Waals surface area contributed by atoms with Gasteiger partial charge in [-0.25, -0.2) is 9.18 Å². The summed E-state index contributed by atoms with van der Waals surface area (Å²) in [5, 5.41) is 6.67. The van der Waals surface area contributed by atoms with E-state index in [1.54, 1.807) is 36.0 Å². The molecule has 6 aromatic carbocycles. The highest BCUT2D eigenvalue weighted by Gasteiger charge is 2.48. The van der Waals surface area contributed by atoms with Crippen LogP contribution in [0, 0.1) is 11.7 Å². The third-order valence-electron chi connectivity index (χ3n) is 19.9. The zero-order valence-electron chi connectivity index (χ0n) is 57.4. The van der Waals surface area contributed by atoms with Crippen LogP contribution in [-0.4, -0.2) is 179 Å². The fourth-order valence-electron chi connectivity index (χ4n) is 13.9. The van der Waals surface area contributed by atoms with Gasteiger partial charge >= 0.3 is 18.4 Å². The van der Waals surface area contributed by atoms with Gasteiger partial charge in [0.15, 0.2) is 0 Å². The first-order valence-electron chi connectivity index (χ1n) is 34.2. The Balaban J connectivity index is 0.000000237. The highest BCUT2D eigenvalue weighted by atomic mass is 35.5. The van der Waals surface area contributed by atoms with Crippen LogP contribution in [0.25, 0.3) is 11.1 Å². The molecule has 538 valence electrons. The summed E-state index contributed by atoms with van der Waals surface area (Å²) in [6, 6.07) is 38.1. The lowest BCUT2D eigenvalue weighted by atomic mass is 9.68. The van der Waals surface area contributed by atoms with Crippen molar-refractivity contribution < 1.29 is 68.9 Å². The molecule has 0 bridgehead atoms. The molecule has 3 aliphatic heterocycles. The maximum Gasteiger partial charge on any atom is 0.416 e. The Bertz CT molecular complexity index is 3710. The van der Waals surface area contributed by atoms with E-state index in [1.807, 2.05) is 72.6 Å². The predicted molar refractivity (Wildman–Crippen MR) is 371 cm³/mol. The van der Waals surface area contributed by atoms with Crippen molar-refractivity contribution in [1.29, 1.82) is 0 Å². The molecule has 1 aliphatic carbocycles. The van der Waals surface area contributed by atoms with Crippen LogP contribution in [0.2, 0.25) is 5.02 Å². The lowest BCUT2D eigenvalue weighted by molar-refractivity contribution is -0.143. The molecular formula is C76H90ClF7N8O8. The number of ether oxygens (including phenoxy) is 3.